The second kappa shape index (κ2) is 18.7. The number of aromatic amines is 1. The van der Waals surface area contributed by atoms with Crippen LogP contribution in [0.3, 0.4) is 0 Å². The third-order valence-electron chi connectivity index (χ3n) is 9.47. The lowest BCUT2D eigenvalue weighted by Crippen LogP contribution is -2.50. The number of aromatic nitrogens is 8. The molecule has 0 aromatic carbocycles. The lowest BCUT2D eigenvalue weighted by atomic mass is 10.1. The van der Waals surface area contributed by atoms with E-state index in [1.54, 1.807) is 4.57 Å². The smallest absolute Gasteiger partial charge is 0.280 e. The molecule has 4 aromatic heterocycles. The van der Waals surface area contributed by atoms with E-state index in [2.05, 4.69) is 62.1 Å². The maximum atomic E-state index is 16.4. The van der Waals surface area contributed by atoms with Gasteiger partial charge in [-0.1, -0.05) is 44.4 Å². The topological polar surface area (TPSA) is 293 Å². The maximum Gasteiger partial charge on any atom is 0.280 e. The molecule has 58 heavy (non-hydrogen) atoms. The SMILES string of the molecule is CC(C)(C)[Si](C)(C)O[C@H]1[C@H]2OP([O-])(=S)OC[C@H]3O[C@@H](n4cnc5c(N)ncnc54)[C@@H](F)[C@@H]3OP(=S)([S-])OC[C@H]1S[C@H]2n1cnc2c(=O)[nH]c(N)nc21.CC[NH3+].CC[NH3+]. The molecule has 324 valence electrons. The summed E-state index contributed by atoms with van der Waals surface area (Å²) in [5, 5.41) is -1.63. The second-order valence-electron chi connectivity index (χ2n) is 14.9. The molecule has 0 radical (unpaired) electrons. The first-order valence-corrected chi connectivity index (χ1v) is 28.3. The summed E-state index contributed by atoms with van der Waals surface area (Å²) >= 11 is 18.1. The number of nitrogen functional groups attached to an aromatic ring is 2. The third-order valence-corrected chi connectivity index (χ3v) is 19.1. The molecule has 10 atom stereocenters. The Balaban J connectivity index is 0.00000101. The molecule has 20 nitrogen and oxygen atoms in total. The van der Waals surface area contributed by atoms with Crippen molar-refractivity contribution < 1.29 is 48.0 Å². The van der Waals surface area contributed by atoms with Crippen molar-refractivity contribution in [2.75, 3.05) is 37.8 Å². The molecule has 28 heteroatoms. The number of hydrogen-bond donors (Lipinski definition) is 5. The summed E-state index contributed by atoms with van der Waals surface area (Å²) in [6.07, 6.45) is -3.88. The van der Waals surface area contributed by atoms with Crippen LogP contribution in [0.5, 0.6) is 0 Å². The minimum Gasteiger partial charge on any atom is -0.780 e. The highest BCUT2D eigenvalue weighted by atomic mass is 32.9. The van der Waals surface area contributed by atoms with Crippen LogP contribution >= 0.6 is 24.2 Å². The highest BCUT2D eigenvalue weighted by molar-refractivity contribution is 8.51. The molecule has 11 N–H and O–H groups in total. The van der Waals surface area contributed by atoms with Crippen molar-refractivity contribution in [1.82, 2.24) is 39.0 Å². The van der Waals surface area contributed by atoms with Crippen LogP contribution in [0, 0.1) is 0 Å². The van der Waals surface area contributed by atoms with Crippen LogP contribution in [-0.4, -0.2) is 109 Å². The molecule has 4 aromatic rings. The van der Waals surface area contributed by atoms with Gasteiger partial charge in [-0.3, -0.25) is 18.9 Å². The van der Waals surface area contributed by atoms with Crippen LogP contribution < -0.4 is 33.4 Å². The van der Waals surface area contributed by atoms with Gasteiger partial charge in [0, 0.05) is 0 Å². The van der Waals surface area contributed by atoms with Gasteiger partial charge < -0.3 is 67.3 Å². The van der Waals surface area contributed by atoms with Gasteiger partial charge in [0.1, 0.15) is 42.2 Å². The van der Waals surface area contributed by atoms with Crippen molar-refractivity contribution in [3.8, 4) is 0 Å². The molecular weight excluding hydrogens is 894 g/mol. The number of thioether (sulfide) groups is 1. The van der Waals surface area contributed by atoms with Gasteiger partial charge >= 0.3 is 0 Å². The molecule has 7 heterocycles. The van der Waals surface area contributed by atoms with Crippen molar-refractivity contribution in [3.63, 3.8) is 0 Å². The molecule has 2 unspecified atom stereocenters. The van der Waals surface area contributed by atoms with Gasteiger partial charge in [-0.25, -0.2) is 24.3 Å². The van der Waals surface area contributed by atoms with Crippen LogP contribution in [0.4, 0.5) is 16.2 Å². The fourth-order valence-corrected chi connectivity index (χ4v) is 12.3. The molecule has 0 amide bonds. The Morgan fingerprint density at radius 3 is 2.34 bits per heavy atom. The van der Waals surface area contributed by atoms with E-state index in [0.717, 1.165) is 13.1 Å². The third kappa shape index (κ3) is 10.3. The maximum absolute atomic E-state index is 16.4. The summed E-state index contributed by atoms with van der Waals surface area (Å²) in [5.74, 6) is -0.0402. The zero-order chi connectivity index (χ0) is 43.0. The Labute approximate surface area is 355 Å². The van der Waals surface area contributed by atoms with Gasteiger partial charge in [0.25, 0.3) is 5.56 Å². The molecule has 3 aliphatic heterocycles. The number of halogens is 1. The lowest BCUT2D eigenvalue weighted by molar-refractivity contribution is -0.362. The lowest BCUT2D eigenvalue weighted by Gasteiger charge is -2.42. The van der Waals surface area contributed by atoms with Gasteiger partial charge in [-0.15, -0.1) is 11.8 Å². The Morgan fingerprint density at radius 2 is 1.69 bits per heavy atom. The van der Waals surface area contributed by atoms with E-state index in [4.69, 9.17) is 74.6 Å². The van der Waals surface area contributed by atoms with E-state index < -0.39 is 80.3 Å². The van der Waals surface area contributed by atoms with Gasteiger partial charge in [-0.2, -0.15) is 4.98 Å². The van der Waals surface area contributed by atoms with E-state index >= 15 is 4.39 Å². The average molecular weight is 945 g/mol. The van der Waals surface area contributed by atoms with Crippen molar-refractivity contribution >= 4 is 102 Å². The predicted octanol–water partition coefficient (Wildman–Crippen LogP) is 1.03. The Kier molecular flexibility index (Phi) is 15.3. The number of nitrogens with two attached hydrogens (primary N) is 2. The molecule has 3 fully saturated rings. The molecule has 3 aliphatic rings. The largest absolute Gasteiger partial charge is 0.780 e. The number of anilines is 2. The highest BCUT2D eigenvalue weighted by Crippen LogP contribution is 2.57. The zero-order valence-corrected chi connectivity index (χ0v) is 39.1. The average Bonchev–Trinajstić information content (AvgIpc) is 3.88. The summed E-state index contributed by atoms with van der Waals surface area (Å²) in [5.41, 5.74) is 15.2. The second-order valence-corrected chi connectivity index (χ2v) is 28.7. The number of nitrogens with zero attached hydrogens (tertiary/aromatic N) is 7. The molecule has 2 bridgehead atoms. The summed E-state index contributed by atoms with van der Waals surface area (Å²) in [6.45, 7) is 11.2. The van der Waals surface area contributed by atoms with E-state index in [9.17, 15) is 9.69 Å². The summed E-state index contributed by atoms with van der Waals surface area (Å²) in [7, 11) is -2.59. The van der Waals surface area contributed by atoms with Crippen LogP contribution in [0.1, 0.15) is 46.2 Å². The van der Waals surface area contributed by atoms with Crippen LogP contribution in [-0.2, 0) is 63.1 Å². The molecule has 3 saturated heterocycles. The van der Waals surface area contributed by atoms with Crippen molar-refractivity contribution in [2.45, 2.75) is 100 Å². The number of imidazole rings is 2. The van der Waals surface area contributed by atoms with Crippen molar-refractivity contribution in [2.24, 2.45) is 0 Å². The number of nitrogens with one attached hydrogen (secondary N) is 1. The van der Waals surface area contributed by atoms with Crippen molar-refractivity contribution in [3.05, 3.63) is 29.3 Å². The number of alkyl halides is 1. The van der Waals surface area contributed by atoms with Crippen molar-refractivity contribution in [1.29, 1.82) is 0 Å². The number of quaternary nitrogens is 2. The minimum atomic E-state index is -4.43. The van der Waals surface area contributed by atoms with Gasteiger partial charge in [0.05, 0.1) is 56.0 Å². The number of hydrogen-bond acceptors (Lipinski definition) is 19. The molecule has 0 aliphatic carbocycles. The fraction of sp³-hybridized carbons (Fsp3) is 0.667. The summed E-state index contributed by atoms with van der Waals surface area (Å²) in [4.78, 5) is 50.2. The number of H-pyrrole nitrogens is 1. The molecule has 0 spiro atoms. The van der Waals surface area contributed by atoms with Crippen LogP contribution in [0.25, 0.3) is 22.3 Å². The first-order valence-electron chi connectivity index (χ1n) is 18.2. The summed E-state index contributed by atoms with van der Waals surface area (Å²) < 4.78 is 56.6. The van der Waals surface area contributed by atoms with Crippen LogP contribution in [0.15, 0.2) is 23.8 Å². The van der Waals surface area contributed by atoms with E-state index in [1.165, 1.54) is 35.3 Å². The standard InChI is InChI=1S/C26H37FN10O8P2S4Si.2C2H7N/c1-26(2,3)52(4,5)45-17-12-7-41-47(49,50)44-16-11(42-23(13(16)27)36-9-32-14-19(28)30-8-31-20(14)36)6-40-46(39,48)43-18(17)24(51-12)37-10-33-15-21(37)34-25(29)35-22(15)38;2*1-2-3/h8-13,16-18,23-24H,6-7H2,1-5H3,(H,39,48)(H,49,50)(H2,28,30,31)(H3,29,34,35,38);2*2-3H2,1H3/t11-,12-,13+,16-,17-,18-,23-,24-,46?;;/m1../s1. The fourth-order valence-electron chi connectivity index (χ4n) is 5.89. The zero-order valence-electron chi connectivity index (χ0n) is 33.1. The first-order chi connectivity index (χ1) is 27.1. The first kappa shape index (κ1) is 47.3. The van der Waals surface area contributed by atoms with Crippen LogP contribution in [0.2, 0.25) is 18.1 Å². The van der Waals surface area contributed by atoms with Gasteiger partial charge in [-0.05, 0) is 32.0 Å². The molecular formula is C30H51FN12O8P2S4Si. The Bertz CT molecular complexity index is 2220. The molecule has 7 rings (SSSR count). The van der Waals surface area contributed by atoms with Gasteiger partial charge in [0.15, 0.2) is 43.3 Å². The number of fused-ring (bicyclic) bond motifs is 5. The van der Waals surface area contributed by atoms with Gasteiger partial charge in [0.2, 0.25) is 5.95 Å². The normalized spacial score (nSPS) is 31.9. The van der Waals surface area contributed by atoms with E-state index in [0.29, 0.717) is 0 Å². The highest BCUT2D eigenvalue weighted by Gasteiger charge is 2.54. The summed E-state index contributed by atoms with van der Waals surface area (Å²) in [6, 6.07) is 0. The minimum absolute atomic E-state index is 0.0244. The predicted molar refractivity (Wildman–Crippen MR) is 228 cm³/mol. The number of ether oxygens (including phenoxy) is 1. The Hall–Kier alpha value is -1.71. The monoisotopic (exact) mass is 944 g/mol. The van der Waals surface area contributed by atoms with E-state index in [-0.39, 0.29) is 45.7 Å². The molecule has 0 saturated carbocycles. The Morgan fingerprint density at radius 1 is 1.05 bits per heavy atom. The number of rotatable bonds is 4. The van der Waals surface area contributed by atoms with E-state index in [1.807, 2.05) is 26.9 Å². The quantitative estimate of drug-likeness (QED) is 0.108.